The maximum atomic E-state index is 12.0. The third-order valence-electron chi connectivity index (χ3n) is 3.16. The molecule has 0 aliphatic rings. The zero-order valence-electron chi connectivity index (χ0n) is 12.1. The number of hydrogen-bond donors (Lipinski definition) is 1. The molecule has 0 saturated carbocycles. The lowest BCUT2D eigenvalue weighted by Gasteiger charge is -2.07. The third-order valence-corrected chi connectivity index (χ3v) is 3.50. The highest BCUT2D eigenvalue weighted by Gasteiger charge is 2.12. The number of aryl methyl sites for hydroxylation is 2. The van der Waals surface area contributed by atoms with Gasteiger partial charge in [-0.25, -0.2) is 4.79 Å². The molecule has 0 unspecified atom stereocenters. The fourth-order valence-corrected chi connectivity index (χ4v) is 2.09. The molecular formula is C15H18ClN3O2. The molecule has 112 valence electrons. The second-order valence-electron chi connectivity index (χ2n) is 4.61. The number of halogens is 1. The molecule has 0 atom stereocenters. The van der Waals surface area contributed by atoms with Crippen LogP contribution in [0.4, 0.5) is 5.69 Å². The summed E-state index contributed by atoms with van der Waals surface area (Å²) in [6.07, 6.45) is 0.849. The molecule has 5 nitrogen and oxygen atoms in total. The molecule has 0 fully saturated rings. The van der Waals surface area contributed by atoms with Crippen molar-refractivity contribution in [1.29, 1.82) is 0 Å². The van der Waals surface area contributed by atoms with E-state index in [9.17, 15) is 4.79 Å². The maximum absolute atomic E-state index is 12.0. The van der Waals surface area contributed by atoms with Gasteiger partial charge in [-0.2, -0.15) is 5.10 Å². The van der Waals surface area contributed by atoms with E-state index in [1.54, 1.807) is 12.1 Å². The van der Waals surface area contributed by atoms with Gasteiger partial charge >= 0.3 is 5.97 Å². The van der Waals surface area contributed by atoms with E-state index in [0.717, 1.165) is 24.4 Å². The number of carbonyl (C=O) groups is 1. The van der Waals surface area contributed by atoms with Gasteiger partial charge in [0.15, 0.2) is 0 Å². The number of nitrogens with two attached hydrogens (primary N) is 1. The van der Waals surface area contributed by atoms with Gasteiger partial charge in [0.2, 0.25) is 0 Å². The van der Waals surface area contributed by atoms with Crippen LogP contribution in [0.3, 0.4) is 0 Å². The molecule has 0 amide bonds. The number of hydrogen-bond acceptors (Lipinski definition) is 4. The Balaban J connectivity index is 2.06. The standard InChI is InChI=1S/C15H18ClN3O2/c1-3-11-8-12(19(4-2)18-11)9-21-15(20)10-5-6-13(16)14(17)7-10/h5-8H,3-4,9,17H2,1-2H3. The van der Waals surface area contributed by atoms with E-state index in [1.807, 2.05) is 24.6 Å². The lowest BCUT2D eigenvalue weighted by Crippen LogP contribution is -2.09. The van der Waals surface area contributed by atoms with Crippen molar-refractivity contribution >= 4 is 23.3 Å². The van der Waals surface area contributed by atoms with Crippen molar-refractivity contribution in [3.8, 4) is 0 Å². The molecular weight excluding hydrogens is 290 g/mol. The summed E-state index contributed by atoms with van der Waals surface area (Å²) in [6, 6.07) is 6.64. The van der Waals surface area contributed by atoms with Crippen LogP contribution < -0.4 is 5.73 Å². The van der Waals surface area contributed by atoms with Crippen molar-refractivity contribution in [3.63, 3.8) is 0 Å². The van der Waals surface area contributed by atoms with Gasteiger partial charge in [-0.15, -0.1) is 0 Å². The van der Waals surface area contributed by atoms with Crippen LogP contribution in [0, 0.1) is 0 Å². The van der Waals surface area contributed by atoms with Crippen LogP contribution in [-0.2, 0) is 24.3 Å². The van der Waals surface area contributed by atoms with Crippen molar-refractivity contribution in [3.05, 3.63) is 46.2 Å². The molecule has 1 heterocycles. The summed E-state index contributed by atoms with van der Waals surface area (Å²) in [7, 11) is 0. The minimum absolute atomic E-state index is 0.183. The van der Waals surface area contributed by atoms with Crippen molar-refractivity contribution < 1.29 is 9.53 Å². The van der Waals surface area contributed by atoms with Gasteiger partial charge in [0.25, 0.3) is 0 Å². The minimum Gasteiger partial charge on any atom is -0.456 e. The Labute approximate surface area is 128 Å². The fourth-order valence-electron chi connectivity index (χ4n) is 1.97. The Hall–Kier alpha value is -2.01. The van der Waals surface area contributed by atoms with Crippen molar-refractivity contribution in [2.45, 2.75) is 33.4 Å². The summed E-state index contributed by atoms with van der Waals surface area (Å²) < 4.78 is 7.15. The highest BCUT2D eigenvalue weighted by Crippen LogP contribution is 2.20. The van der Waals surface area contributed by atoms with Crippen molar-refractivity contribution in [1.82, 2.24) is 9.78 Å². The Morgan fingerprint density at radius 1 is 1.38 bits per heavy atom. The molecule has 1 aromatic carbocycles. The van der Waals surface area contributed by atoms with Crippen molar-refractivity contribution in [2.24, 2.45) is 0 Å². The van der Waals surface area contributed by atoms with Gasteiger partial charge in [-0.3, -0.25) is 4.68 Å². The monoisotopic (exact) mass is 307 g/mol. The second-order valence-corrected chi connectivity index (χ2v) is 5.02. The smallest absolute Gasteiger partial charge is 0.338 e. The normalized spacial score (nSPS) is 10.6. The second kappa shape index (κ2) is 6.63. The first-order chi connectivity index (χ1) is 10.0. The first-order valence-electron chi connectivity index (χ1n) is 6.82. The van der Waals surface area contributed by atoms with E-state index < -0.39 is 5.97 Å². The lowest BCUT2D eigenvalue weighted by atomic mass is 10.2. The summed E-state index contributed by atoms with van der Waals surface area (Å²) >= 11 is 5.83. The number of carbonyl (C=O) groups excluding carboxylic acids is 1. The quantitative estimate of drug-likeness (QED) is 0.681. The molecule has 0 spiro atoms. The minimum atomic E-state index is -0.430. The molecule has 0 saturated heterocycles. The van der Waals surface area contributed by atoms with E-state index in [-0.39, 0.29) is 6.61 Å². The summed E-state index contributed by atoms with van der Waals surface area (Å²) in [5.74, 6) is -0.430. The lowest BCUT2D eigenvalue weighted by molar-refractivity contribution is 0.0462. The molecule has 21 heavy (non-hydrogen) atoms. The summed E-state index contributed by atoms with van der Waals surface area (Å²) in [5.41, 5.74) is 8.29. The Bertz CT molecular complexity index is 652. The summed E-state index contributed by atoms with van der Waals surface area (Å²) in [6.45, 7) is 4.95. The molecule has 6 heteroatoms. The molecule has 2 aromatic rings. The summed E-state index contributed by atoms with van der Waals surface area (Å²) in [5, 5.41) is 4.83. The molecule has 1 aromatic heterocycles. The van der Waals surface area contributed by atoms with Gasteiger partial charge < -0.3 is 10.5 Å². The first kappa shape index (κ1) is 15.4. The largest absolute Gasteiger partial charge is 0.456 e. The van der Waals surface area contributed by atoms with Gasteiger partial charge in [-0.05, 0) is 37.6 Å². The number of benzene rings is 1. The first-order valence-corrected chi connectivity index (χ1v) is 7.20. The van der Waals surface area contributed by atoms with E-state index in [2.05, 4.69) is 5.10 Å². The van der Waals surface area contributed by atoms with Gasteiger partial charge in [0.1, 0.15) is 6.61 Å². The number of nitrogen functional groups attached to an aromatic ring is 1. The molecule has 0 aliphatic heterocycles. The SMILES string of the molecule is CCc1cc(COC(=O)c2ccc(Cl)c(N)c2)n(CC)n1. The van der Waals surface area contributed by atoms with Gasteiger partial charge in [-0.1, -0.05) is 18.5 Å². The van der Waals surface area contributed by atoms with E-state index >= 15 is 0 Å². The number of aromatic nitrogens is 2. The topological polar surface area (TPSA) is 70.1 Å². The van der Waals surface area contributed by atoms with Gasteiger partial charge in [0.05, 0.1) is 27.7 Å². The maximum Gasteiger partial charge on any atom is 0.338 e. The fraction of sp³-hybridized carbons (Fsp3) is 0.333. The Morgan fingerprint density at radius 3 is 2.76 bits per heavy atom. The zero-order chi connectivity index (χ0) is 15.4. The molecule has 2 N–H and O–H groups in total. The van der Waals surface area contributed by atoms with Crippen LogP contribution >= 0.6 is 11.6 Å². The predicted octanol–water partition coefficient (Wildman–Crippen LogP) is 3.06. The zero-order valence-corrected chi connectivity index (χ0v) is 12.9. The van der Waals surface area contributed by atoms with Crippen LogP contribution in [0.5, 0.6) is 0 Å². The predicted molar refractivity (Wildman–Crippen MR) is 82.3 cm³/mol. The highest BCUT2D eigenvalue weighted by molar-refractivity contribution is 6.33. The third kappa shape index (κ3) is 3.55. The molecule has 2 rings (SSSR count). The molecule has 0 bridgehead atoms. The highest BCUT2D eigenvalue weighted by atomic mass is 35.5. The summed E-state index contributed by atoms with van der Waals surface area (Å²) in [4.78, 5) is 12.0. The van der Waals surface area contributed by atoms with E-state index in [4.69, 9.17) is 22.1 Å². The van der Waals surface area contributed by atoms with Crippen LogP contribution in [-0.4, -0.2) is 15.7 Å². The van der Waals surface area contributed by atoms with Gasteiger partial charge in [0, 0.05) is 6.54 Å². The van der Waals surface area contributed by atoms with E-state index in [1.165, 1.54) is 6.07 Å². The van der Waals surface area contributed by atoms with Crippen LogP contribution in [0.2, 0.25) is 5.02 Å². The molecule has 0 aliphatic carbocycles. The Kier molecular flexibility index (Phi) is 4.85. The average Bonchev–Trinajstić information content (AvgIpc) is 2.90. The average molecular weight is 308 g/mol. The molecule has 0 radical (unpaired) electrons. The van der Waals surface area contributed by atoms with Crippen molar-refractivity contribution in [2.75, 3.05) is 5.73 Å². The number of esters is 1. The number of anilines is 1. The van der Waals surface area contributed by atoms with Crippen LogP contribution in [0.25, 0.3) is 0 Å². The number of nitrogens with zero attached hydrogens (tertiary/aromatic N) is 2. The Morgan fingerprint density at radius 2 is 2.14 bits per heavy atom. The number of ether oxygens (including phenoxy) is 1. The van der Waals surface area contributed by atoms with Crippen LogP contribution in [0.1, 0.15) is 35.6 Å². The number of rotatable bonds is 5. The van der Waals surface area contributed by atoms with E-state index in [0.29, 0.717) is 16.3 Å². The van der Waals surface area contributed by atoms with Crippen LogP contribution in [0.15, 0.2) is 24.3 Å².